The summed E-state index contributed by atoms with van der Waals surface area (Å²) in [4.78, 5) is 21.9. The molecule has 2 N–H and O–H groups in total. The number of rotatable bonds is 18. The Labute approximate surface area is 159 Å². The number of unbranched alkanes of at least 4 members (excludes halogenated alkanes) is 11. The molecule has 0 saturated heterocycles. The molecule has 0 rings (SSSR count). The van der Waals surface area contributed by atoms with Gasteiger partial charge in [-0.3, -0.25) is 14.3 Å². The van der Waals surface area contributed by atoms with E-state index in [1.54, 1.807) is 6.92 Å². The first-order valence-corrected chi connectivity index (χ1v) is 11.8. The lowest BCUT2D eigenvalue weighted by atomic mass is 10.0. The number of carbonyl (C=O) groups is 2. The molecule has 0 aliphatic heterocycles. The molecule has 0 heterocycles. The highest BCUT2D eigenvalue weighted by atomic mass is 32.2. The van der Waals surface area contributed by atoms with Crippen molar-refractivity contribution in [2.24, 2.45) is 0 Å². The van der Waals surface area contributed by atoms with Gasteiger partial charge in [-0.05, 0) is 19.3 Å². The van der Waals surface area contributed by atoms with Crippen LogP contribution in [0.15, 0.2) is 0 Å². The summed E-state index contributed by atoms with van der Waals surface area (Å²) in [7, 11) is -3.43. The Morgan fingerprint density at radius 3 is 1.50 bits per heavy atom. The molecule has 0 spiro atoms. The van der Waals surface area contributed by atoms with Crippen LogP contribution in [0.3, 0.4) is 0 Å². The molecule has 7 heteroatoms. The van der Waals surface area contributed by atoms with Crippen molar-refractivity contribution in [3.63, 3.8) is 0 Å². The molecule has 0 aliphatic rings. The fourth-order valence-electron chi connectivity index (χ4n) is 2.87. The van der Waals surface area contributed by atoms with Crippen LogP contribution >= 0.6 is 0 Å². The lowest BCUT2D eigenvalue weighted by Crippen LogP contribution is -2.32. The first-order chi connectivity index (χ1) is 12.4. The van der Waals surface area contributed by atoms with Crippen molar-refractivity contribution in [3.05, 3.63) is 0 Å². The quantitative estimate of drug-likeness (QED) is 0.338. The zero-order chi connectivity index (χ0) is 19.7. The second-order valence-corrected chi connectivity index (χ2v) is 8.82. The molecule has 0 aromatic carbocycles. The van der Waals surface area contributed by atoms with Crippen molar-refractivity contribution in [2.75, 3.05) is 5.75 Å². The largest absolute Gasteiger partial charge is 0.481 e. The molecule has 0 atom stereocenters. The number of amides is 1. The van der Waals surface area contributed by atoms with Gasteiger partial charge in [-0.2, -0.15) is 0 Å². The average molecular weight is 392 g/mol. The molecule has 0 aliphatic carbocycles. The molecule has 0 fully saturated rings. The second kappa shape index (κ2) is 16.1. The van der Waals surface area contributed by atoms with Crippen LogP contribution in [0.5, 0.6) is 0 Å². The van der Waals surface area contributed by atoms with Gasteiger partial charge in [0, 0.05) is 12.8 Å². The molecule has 6 nitrogen and oxygen atoms in total. The van der Waals surface area contributed by atoms with Crippen molar-refractivity contribution in [2.45, 2.75) is 103 Å². The maximum atomic E-state index is 11.5. The molecular formula is C19H37NO5S. The van der Waals surface area contributed by atoms with E-state index in [9.17, 15) is 18.0 Å². The number of hydrogen-bond acceptors (Lipinski definition) is 4. The third-order valence-electron chi connectivity index (χ3n) is 4.29. The van der Waals surface area contributed by atoms with Gasteiger partial charge in [0.2, 0.25) is 15.9 Å². The van der Waals surface area contributed by atoms with Crippen LogP contribution in [-0.2, 0) is 19.6 Å². The summed E-state index contributed by atoms with van der Waals surface area (Å²) in [5, 5.41) is 8.54. The Morgan fingerprint density at radius 2 is 1.12 bits per heavy atom. The van der Waals surface area contributed by atoms with E-state index in [4.69, 9.17) is 5.11 Å². The number of aliphatic carboxylic acids is 1. The standard InChI is InChI=1S/C19H37NO5S/c1-2-17-26(24,25)20-18(21)15-13-11-9-7-5-3-4-6-8-10-12-14-16-19(22)23/h2-17H2,1H3,(H,20,21)(H,22,23). The highest BCUT2D eigenvalue weighted by Gasteiger charge is 2.12. The summed E-state index contributed by atoms with van der Waals surface area (Å²) in [5.74, 6) is -1.09. The molecule has 0 aromatic heterocycles. The minimum Gasteiger partial charge on any atom is -0.481 e. The van der Waals surface area contributed by atoms with E-state index >= 15 is 0 Å². The Hall–Kier alpha value is -1.11. The second-order valence-electron chi connectivity index (χ2n) is 6.98. The third-order valence-corrected chi connectivity index (χ3v) is 5.77. The van der Waals surface area contributed by atoms with E-state index < -0.39 is 16.0 Å². The van der Waals surface area contributed by atoms with E-state index in [1.165, 1.54) is 32.1 Å². The van der Waals surface area contributed by atoms with Crippen LogP contribution in [0, 0.1) is 0 Å². The number of nitrogens with one attached hydrogen (secondary N) is 1. The van der Waals surface area contributed by atoms with Crippen LogP contribution in [0.1, 0.15) is 103 Å². The smallest absolute Gasteiger partial charge is 0.303 e. The van der Waals surface area contributed by atoms with Gasteiger partial charge < -0.3 is 5.11 Å². The highest BCUT2D eigenvalue weighted by Crippen LogP contribution is 2.13. The summed E-state index contributed by atoms with van der Waals surface area (Å²) in [6, 6.07) is 0. The summed E-state index contributed by atoms with van der Waals surface area (Å²) in [6.07, 6.45) is 14.0. The van der Waals surface area contributed by atoms with Crippen molar-refractivity contribution >= 4 is 21.9 Å². The van der Waals surface area contributed by atoms with E-state index in [1.807, 2.05) is 0 Å². The monoisotopic (exact) mass is 391 g/mol. The van der Waals surface area contributed by atoms with E-state index in [0.717, 1.165) is 44.9 Å². The number of hydrogen-bond donors (Lipinski definition) is 2. The summed E-state index contributed by atoms with van der Waals surface area (Å²) in [6.45, 7) is 1.77. The molecule has 154 valence electrons. The van der Waals surface area contributed by atoms with Crippen molar-refractivity contribution in [3.8, 4) is 0 Å². The zero-order valence-corrected chi connectivity index (χ0v) is 17.1. The van der Waals surface area contributed by atoms with Crippen molar-refractivity contribution in [1.82, 2.24) is 4.72 Å². The predicted molar refractivity (Wildman–Crippen MR) is 104 cm³/mol. The maximum absolute atomic E-state index is 11.5. The van der Waals surface area contributed by atoms with E-state index in [-0.39, 0.29) is 24.5 Å². The first-order valence-electron chi connectivity index (χ1n) is 10.1. The van der Waals surface area contributed by atoms with Gasteiger partial charge in [0.05, 0.1) is 5.75 Å². The van der Waals surface area contributed by atoms with Crippen LogP contribution < -0.4 is 4.72 Å². The summed E-state index contributed by atoms with van der Waals surface area (Å²) >= 11 is 0. The van der Waals surface area contributed by atoms with Gasteiger partial charge in [-0.15, -0.1) is 0 Å². The van der Waals surface area contributed by atoms with Crippen LogP contribution in [0.4, 0.5) is 0 Å². The fourth-order valence-corrected chi connectivity index (χ4v) is 3.96. The van der Waals surface area contributed by atoms with Crippen LogP contribution in [0.2, 0.25) is 0 Å². The molecule has 0 bridgehead atoms. The summed E-state index contributed by atoms with van der Waals surface area (Å²) in [5.41, 5.74) is 0. The van der Waals surface area contributed by atoms with Crippen molar-refractivity contribution < 1.29 is 23.1 Å². The summed E-state index contributed by atoms with van der Waals surface area (Å²) < 4.78 is 25.0. The molecule has 26 heavy (non-hydrogen) atoms. The van der Waals surface area contributed by atoms with Gasteiger partial charge in [0.1, 0.15) is 0 Å². The third kappa shape index (κ3) is 17.7. The minimum absolute atomic E-state index is 0.00107. The molecule has 0 unspecified atom stereocenters. The molecule has 0 radical (unpaired) electrons. The molecule has 0 saturated carbocycles. The Kier molecular flexibility index (Phi) is 15.4. The maximum Gasteiger partial charge on any atom is 0.303 e. The van der Waals surface area contributed by atoms with E-state index in [2.05, 4.69) is 4.72 Å². The SMILES string of the molecule is CCCS(=O)(=O)NC(=O)CCCCCCCCCCCCCCC(=O)O. The predicted octanol–water partition coefficient (Wildman–Crippen LogP) is 4.39. The van der Waals surface area contributed by atoms with Gasteiger partial charge in [0.25, 0.3) is 0 Å². The molecule has 0 aromatic rings. The van der Waals surface area contributed by atoms with Gasteiger partial charge in [-0.25, -0.2) is 8.42 Å². The average Bonchev–Trinajstić information content (AvgIpc) is 2.54. The Morgan fingerprint density at radius 1 is 0.731 bits per heavy atom. The molecular weight excluding hydrogens is 354 g/mol. The zero-order valence-electron chi connectivity index (χ0n) is 16.3. The van der Waals surface area contributed by atoms with Gasteiger partial charge in [-0.1, -0.05) is 71.1 Å². The van der Waals surface area contributed by atoms with Gasteiger partial charge >= 0.3 is 5.97 Å². The number of carboxylic acids is 1. The number of sulfonamides is 1. The number of carbonyl (C=O) groups excluding carboxylic acids is 1. The Bertz CT molecular complexity index is 476. The Balaban J connectivity index is 3.31. The topological polar surface area (TPSA) is 101 Å². The molecule has 1 amide bonds. The minimum atomic E-state index is -3.43. The lowest BCUT2D eigenvalue weighted by molar-refractivity contribution is -0.137. The van der Waals surface area contributed by atoms with Gasteiger partial charge in [0.15, 0.2) is 0 Å². The number of carboxylic acid groups (broad SMARTS) is 1. The lowest BCUT2D eigenvalue weighted by Gasteiger charge is -2.06. The normalized spacial score (nSPS) is 11.4. The van der Waals surface area contributed by atoms with Crippen molar-refractivity contribution in [1.29, 1.82) is 0 Å². The van der Waals surface area contributed by atoms with Crippen LogP contribution in [-0.4, -0.2) is 31.2 Å². The first kappa shape index (κ1) is 24.9. The fraction of sp³-hybridized carbons (Fsp3) is 0.895. The van der Waals surface area contributed by atoms with E-state index in [0.29, 0.717) is 6.42 Å². The highest BCUT2D eigenvalue weighted by molar-refractivity contribution is 7.90. The van der Waals surface area contributed by atoms with Crippen LogP contribution in [0.25, 0.3) is 0 Å².